The molecule has 0 aromatic heterocycles. The normalized spacial score (nSPS) is 16.0. The Kier molecular flexibility index (Phi) is 8.08. The molecule has 0 saturated carbocycles. The molecule has 0 aliphatic heterocycles. The highest BCUT2D eigenvalue weighted by Crippen LogP contribution is 2.24. The Labute approximate surface area is 114 Å². The third-order valence-electron chi connectivity index (χ3n) is 3.37. The SMILES string of the molecule is CCCC(C)(CNC(C)(C)C)CN(CC)CCO. The Bertz CT molecular complexity index is 213. The van der Waals surface area contributed by atoms with E-state index in [0.717, 1.165) is 26.2 Å². The number of nitrogens with zero attached hydrogens (tertiary/aromatic N) is 1. The monoisotopic (exact) mass is 258 g/mol. The Morgan fingerprint density at radius 3 is 2.11 bits per heavy atom. The fourth-order valence-electron chi connectivity index (χ4n) is 2.34. The van der Waals surface area contributed by atoms with Gasteiger partial charge in [0.05, 0.1) is 6.61 Å². The minimum atomic E-state index is 0.170. The maximum atomic E-state index is 9.10. The summed E-state index contributed by atoms with van der Waals surface area (Å²) in [7, 11) is 0. The van der Waals surface area contributed by atoms with Crippen molar-refractivity contribution < 1.29 is 5.11 Å². The van der Waals surface area contributed by atoms with Crippen LogP contribution in [0.1, 0.15) is 54.4 Å². The van der Waals surface area contributed by atoms with E-state index in [9.17, 15) is 0 Å². The average Bonchev–Trinajstić information content (AvgIpc) is 2.25. The molecule has 2 N–H and O–H groups in total. The summed E-state index contributed by atoms with van der Waals surface area (Å²) in [6.45, 7) is 17.5. The van der Waals surface area contributed by atoms with Crippen LogP contribution in [-0.4, -0.2) is 48.3 Å². The largest absolute Gasteiger partial charge is 0.395 e. The first-order chi connectivity index (χ1) is 8.26. The van der Waals surface area contributed by atoms with Gasteiger partial charge in [-0.3, -0.25) is 0 Å². The second-order valence-electron chi connectivity index (χ2n) is 6.76. The van der Waals surface area contributed by atoms with Crippen molar-refractivity contribution in [1.82, 2.24) is 10.2 Å². The van der Waals surface area contributed by atoms with Gasteiger partial charge in [-0.05, 0) is 39.2 Å². The number of aliphatic hydroxyl groups is 1. The lowest BCUT2D eigenvalue weighted by Gasteiger charge is -2.37. The fourth-order valence-corrected chi connectivity index (χ4v) is 2.34. The van der Waals surface area contributed by atoms with Crippen molar-refractivity contribution in [2.45, 2.75) is 59.9 Å². The second-order valence-corrected chi connectivity index (χ2v) is 6.76. The zero-order valence-corrected chi connectivity index (χ0v) is 13.3. The summed E-state index contributed by atoms with van der Waals surface area (Å²) in [5.41, 5.74) is 0.455. The van der Waals surface area contributed by atoms with Crippen LogP contribution in [0.2, 0.25) is 0 Å². The standard InChI is InChI=1S/C15H34N2O/c1-7-9-15(6,12-16-14(3,4)5)13-17(8-2)10-11-18/h16,18H,7-13H2,1-6H3. The van der Waals surface area contributed by atoms with E-state index < -0.39 is 0 Å². The summed E-state index contributed by atoms with van der Waals surface area (Å²) < 4.78 is 0. The number of hydrogen-bond acceptors (Lipinski definition) is 3. The average molecular weight is 258 g/mol. The van der Waals surface area contributed by atoms with Crippen LogP contribution < -0.4 is 5.32 Å². The van der Waals surface area contributed by atoms with Crippen LogP contribution in [0.3, 0.4) is 0 Å². The number of likely N-dealkylation sites (N-methyl/N-ethyl adjacent to an activating group) is 1. The number of rotatable bonds is 9. The van der Waals surface area contributed by atoms with Gasteiger partial charge in [-0.1, -0.05) is 27.2 Å². The highest BCUT2D eigenvalue weighted by molar-refractivity contribution is 4.84. The molecule has 1 atom stereocenters. The van der Waals surface area contributed by atoms with Crippen LogP contribution in [-0.2, 0) is 0 Å². The zero-order chi connectivity index (χ0) is 14.2. The first-order valence-corrected chi connectivity index (χ1v) is 7.34. The highest BCUT2D eigenvalue weighted by Gasteiger charge is 2.27. The molecule has 0 heterocycles. The van der Waals surface area contributed by atoms with Crippen molar-refractivity contribution >= 4 is 0 Å². The molecule has 0 aromatic rings. The van der Waals surface area contributed by atoms with E-state index in [1.807, 2.05) is 0 Å². The van der Waals surface area contributed by atoms with Crippen molar-refractivity contribution in [3.05, 3.63) is 0 Å². The molecule has 0 aliphatic carbocycles. The van der Waals surface area contributed by atoms with Crippen molar-refractivity contribution in [1.29, 1.82) is 0 Å². The van der Waals surface area contributed by atoms with E-state index in [4.69, 9.17) is 5.11 Å². The lowest BCUT2D eigenvalue weighted by atomic mass is 9.84. The molecule has 0 spiro atoms. The Balaban J connectivity index is 4.48. The Hall–Kier alpha value is -0.120. The first-order valence-electron chi connectivity index (χ1n) is 7.34. The molecule has 0 saturated heterocycles. The predicted molar refractivity (Wildman–Crippen MR) is 80.0 cm³/mol. The van der Waals surface area contributed by atoms with Gasteiger partial charge in [0.2, 0.25) is 0 Å². The highest BCUT2D eigenvalue weighted by atomic mass is 16.3. The zero-order valence-electron chi connectivity index (χ0n) is 13.3. The summed E-state index contributed by atoms with van der Waals surface area (Å²) in [6.07, 6.45) is 2.43. The van der Waals surface area contributed by atoms with Gasteiger partial charge in [0, 0.05) is 25.2 Å². The van der Waals surface area contributed by atoms with Gasteiger partial charge >= 0.3 is 0 Å². The maximum absolute atomic E-state index is 9.10. The van der Waals surface area contributed by atoms with Crippen molar-refractivity contribution in [3.8, 4) is 0 Å². The van der Waals surface area contributed by atoms with Crippen molar-refractivity contribution in [2.24, 2.45) is 5.41 Å². The first kappa shape index (κ1) is 17.9. The maximum Gasteiger partial charge on any atom is 0.0558 e. The van der Waals surface area contributed by atoms with Gasteiger partial charge in [-0.25, -0.2) is 0 Å². The van der Waals surface area contributed by atoms with Crippen LogP contribution in [0.25, 0.3) is 0 Å². The molecule has 0 radical (unpaired) electrons. The van der Waals surface area contributed by atoms with Crippen LogP contribution >= 0.6 is 0 Å². The molecule has 110 valence electrons. The van der Waals surface area contributed by atoms with Gasteiger partial charge < -0.3 is 15.3 Å². The molecule has 1 unspecified atom stereocenters. The smallest absolute Gasteiger partial charge is 0.0558 e. The third kappa shape index (κ3) is 8.06. The van der Waals surface area contributed by atoms with Gasteiger partial charge in [-0.2, -0.15) is 0 Å². The Morgan fingerprint density at radius 2 is 1.72 bits per heavy atom. The van der Waals surface area contributed by atoms with Crippen molar-refractivity contribution in [2.75, 3.05) is 32.8 Å². The molecular formula is C15H34N2O. The second kappa shape index (κ2) is 8.13. The molecule has 0 bridgehead atoms. The van der Waals surface area contributed by atoms with Crippen LogP contribution in [0.15, 0.2) is 0 Å². The molecule has 0 aliphatic rings. The number of hydrogen-bond donors (Lipinski definition) is 2. The van der Waals surface area contributed by atoms with E-state index in [2.05, 4.69) is 51.8 Å². The molecule has 0 fully saturated rings. The molecule has 3 nitrogen and oxygen atoms in total. The molecule has 18 heavy (non-hydrogen) atoms. The van der Waals surface area contributed by atoms with Crippen LogP contribution in [0.4, 0.5) is 0 Å². The minimum Gasteiger partial charge on any atom is -0.395 e. The van der Waals surface area contributed by atoms with Gasteiger partial charge in [0.1, 0.15) is 0 Å². The van der Waals surface area contributed by atoms with E-state index in [0.29, 0.717) is 0 Å². The fraction of sp³-hybridized carbons (Fsp3) is 1.00. The molecule has 3 heteroatoms. The minimum absolute atomic E-state index is 0.170. The predicted octanol–water partition coefficient (Wildman–Crippen LogP) is 2.50. The van der Waals surface area contributed by atoms with Gasteiger partial charge in [-0.15, -0.1) is 0 Å². The number of aliphatic hydroxyl groups excluding tert-OH is 1. The molecule has 0 amide bonds. The Morgan fingerprint density at radius 1 is 1.11 bits per heavy atom. The van der Waals surface area contributed by atoms with Gasteiger partial charge in [0.15, 0.2) is 0 Å². The van der Waals surface area contributed by atoms with Crippen molar-refractivity contribution in [3.63, 3.8) is 0 Å². The quantitative estimate of drug-likeness (QED) is 0.667. The lowest BCUT2D eigenvalue weighted by molar-refractivity contribution is 0.124. The third-order valence-corrected chi connectivity index (χ3v) is 3.37. The summed E-state index contributed by atoms with van der Waals surface area (Å²) in [5, 5.41) is 12.7. The lowest BCUT2D eigenvalue weighted by Crippen LogP contribution is -2.48. The van der Waals surface area contributed by atoms with E-state index >= 15 is 0 Å². The summed E-state index contributed by atoms with van der Waals surface area (Å²) in [5.74, 6) is 0. The number of nitrogens with one attached hydrogen (secondary N) is 1. The van der Waals surface area contributed by atoms with E-state index in [1.165, 1.54) is 12.8 Å². The van der Waals surface area contributed by atoms with E-state index in [-0.39, 0.29) is 17.6 Å². The molecule has 0 rings (SSSR count). The molecular weight excluding hydrogens is 224 g/mol. The molecule has 0 aromatic carbocycles. The van der Waals surface area contributed by atoms with Crippen LogP contribution in [0.5, 0.6) is 0 Å². The summed E-state index contributed by atoms with van der Waals surface area (Å²) in [6, 6.07) is 0. The summed E-state index contributed by atoms with van der Waals surface area (Å²) >= 11 is 0. The van der Waals surface area contributed by atoms with E-state index in [1.54, 1.807) is 0 Å². The summed E-state index contributed by atoms with van der Waals surface area (Å²) in [4.78, 5) is 2.35. The topological polar surface area (TPSA) is 35.5 Å². The van der Waals surface area contributed by atoms with Gasteiger partial charge in [0.25, 0.3) is 0 Å². The van der Waals surface area contributed by atoms with Crippen LogP contribution in [0, 0.1) is 5.41 Å².